The maximum absolute atomic E-state index is 6.41. The summed E-state index contributed by atoms with van der Waals surface area (Å²) in [6.45, 7) is 9.65. The molecule has 0 radical (unpaired) electrons. The first-order chi connectivity index (χ1) is 22.9. The third-order valence-electron chi connectivity index (χ3n) is 10.5. The van der Waals surface area contributed by atoms with E-state index in [1.54, 1.807) is 16.4 Å². The summed E-state index contributed by atoms with van der Waals surface area (Å²) in [5.74, 6) is 1.82. The van der Waals surface area contributed by atoms with Gasteiger partial charge in [0.05, 0.1) is 6.04 Å². The van der Waals surface area contributed by atoms with Gasteiger partial charge in [-0.25, -0.2) is 4.99 Å². The maximum atomic E-state index is 6.41. The Labute approximate surface area is 281 Å². The predicted molar refractivity (Wildman–Crippen MR) is 199 cm³/mol. The van der Waals surface area contributed by atoms with Gasteiger partial charge in [0.1, 0.15) is 6.61 Å². The molecule has 47 heavy (non-hydrogen) atoms. The molecule has 0 spiro atoms. The fraction of sp³-hybridized carbons (Fsp3) is 0.295. The van der Waals surface area contributed by atoms with Crippen LogP contribution < -0.4 is 15.9 Å². The lowest BCUT2D eigenvalue weighted by atomic mass is 9.81. The Kier molecular flexibility index (Phi) is 8.10. The van der Waals surface area contributed by atoms with E-state index in [1.807, 2.05) is 0 Å². The number of ether oxygens (including phenoxy) is 1. The normalized spacial score (nSPS) is 19.9. The van der Waals surface area contributed by atoms with Crippen LogP contribution in [0, 0.1) is 27.7 Å². The summed E-state index contributed by atoms with van der Waals surface area (Å²) >= 11 is 0. The number of aliphatic imine (C=N–C) groups is 1. The Morgan fingerprint density at radius 2 is 1.21 bits per heavy atom. The van der Waals surface area contributed by atoms with E-state index in [0.717, 1.165) is 25.2 Å². The van der Waals surface area contributed by atoms with Crippen LogP contribution in [0.2, 0.25) is 0 Å². The van der Waals surface area contributed by atoms with Gasteiger partial charge in [-0.3, -0.25) is 0 Å². The average Bonchev–Trinajstić information content (AvgIpc) is 3.80. The second-order valence-corrected chi connectivity index (χ2v) is 16.3. The highest BCUT2D eigenvalue weighted by Gasteiger charge is 2.40. The smallest absolute Gasteiger partial charge is 0.216 e. The molecule has 0 bridgehead atoms. The minimum absolute atomic E-state index is 0.168. The van der Waals surface area contributed by atoms with Gasteiger partial charge in [-0.05, 0) is 129 Å². The van der Waals surface area contributed by atoms with Crippen LogP contribution in [0.15, 0.2) is 108 Å². The van der Waals surface area contributed by atoms with Crippen LogP contribution >= 0.6 is 7.92 Å². The lowest BCUT2D eigenvalue weighted by Crippen LogP contribution is -2.26. The Morgan fingerprint density at radius 3 is 1.85 bits per heavy atom. The molecule has 0 N–H and O–H groups in total. The molecule has 1 unspecified atom stereocenters. The highest BCUT2D eigenvalue weighted by atomic mass is 31.1. The van der Waals surface area contributed by atoms with Crippen molar-refractivity contribution >= 4 is 29.7 Å². The molecule has 0 saturated heterocycles. The number of hydrogen-bond donors (Lipinski definition) is 0. The Bertz CT molecular complexity index is 1900. The molecule has 1 aliphatic heterocycles. The number of hydrogen-bond acceptors (Lipinski definition) is 2. The van der Waals surface area contributed by atoms with Crippen molar-refractivity contribution in [1.29, 1.82) is 0 Å². The SMILES string of the molecule is Cc1cc(C)cc(P(c2cc(C)cc(C)c2)c2cccc3c2[C@H](C2CCc4cccc(C5=N[C@@H](Cc6ccccc6)CO5)c42)CC3)c1. The van der Waals surface area contributed by atoms with Crippen molar-refractivity contribution in [1.82, 2.24) is 0 Å². The fourth-order valence-corrected chi connectivity index (χ4v) is 11.7. The molecule has 0 fully saturated rings. The van der Waals surface area contributed by atoms with Crippen LogP contribution in [0.25, 0.3) is 0 Å². The summed E-state index contributed by atoms with van der Waals surface area (Å²) in [5, 5.41) is 4.48. The lowest BCUT2D eigenvalue weighted by molar-refractivity contribution is 0.316. The Balaban J connectivity index is 1.21. The number of fused-ring (bicyclic) bond motifs is 2. The Morgan fingerprint density at radius 1 is 0.638 bits per heavy atom. The van der Waals surface area contributed by atoms with Crippen molar-refractivity contribution < 1.29 is 4.74 Å². The molecule has 236 valence electrons. The fourth-order valence-electron chi connectivity index (χ4n) is 8.75. The summed E-state index contributed by atoms with van der Waals surface area (Å²) in [4.78, 5) is 5.19. The molecular formula is C44H44NOP. The van der Waals surface area contributed by atoms with E-state index in [2.05, 4.69) is 131 Å². The zero-order chi connectivity index (χ0) is 32.1. The predicted octanol–water partition coefficient (Wildman–Crippen LogP) is 8.83. The molecule has 0 aromatic heterocycles. The second kappa shape index (κ2) is 12.6. The maximum Gasteiger partial charge on any atom is 0.216 e. The van der Waals surface area contributed by atoms with Crippen LogP contribution in [0.5, 0.6) is 0 Å². The van der Waals surface area contributed by atoms with Gasteiger partial charge in [-0.1, -0.05) is 119 Å². The summed E-state index contributed by atoms with van der Waals surface area (Å²) in [5.41, 5.74) is 14.1. The molecule has 3 atom stereocenters. The molecule has 5 aromatic rings. The number of aryl methyl sites for hydroxylation is 6. The van der Waals surface area contributed by atoms with Gasteiger partial charge in [-0.2, -0.15) is 0 Å². The van der Waals surface area contributed by atoms with Gasteiger partial charge in [0.2, 0.25) is 5.90 Å². The van der Waals surface area contributed by atoms with E-state index < -0.39 is 7.92 Å². The van der Waals surface area contributed by atoms with Crippen molar-refractivity contribution in [2.75, 3.05) is 6.61 Å². The van der Waals surface area contributed by atoms with Gasteiger partial charge in [0.25, 0.3) is 0 Å². The highest BCUT2D eigenvalue weighted by Crippen LogP contribution is 2.52. The van der Waals surface area contributed by atoms with E-state index in [-0.39, 0.29) is 6.04 Å². The van der Waals surface area contributed by atoms with Crippen molar-refractivity contribution in [2.24, 2.45) is 4.99 Å². The van der Waals surface area contributed by atoms with Crippen LogP contribution in [0.4, 0.5) is 0 Å². The quantitative estimate of drug-likeness (QED) is 0.164. The first-order valence-electron chi connectivity index (χ1n) is 17.4. The van der Waals surface area contributed by atoms with Crippen LogP contribution in [-0.2, 0) is 24.0 Å². The van der Waals surface area contributed by atoms with E-state index in [0.29, 0.717) is 18.4 Å². The van der Waals surface area contributed by atoms with E-state index in [4.69, 9.17) is 9.73 Å². The average molecular weight is 634 g/mol. The molecule has 5 aromatic carbocycles. The highest BCUT2D eigenvalue weighted by molar-refractivity contribution is 7.80. The second-order valence-electron chi connectivity index (χ2n) is 14.1. The first-order valence-corrected chi connectivity index (χ1v) is 18.7. The third kappa shape index (κ3) is 5.87. The molecule has 3 aliphatic rings. The van der Waals surface area contributed by atoms with E-state index in [1.165, 1.54) is 68.0 Å². The molecule has 3 heteroatoms. The zero-order valence-corrected chi connectivity index (χ0v) is 29.0. The van der Waals surface area contributed by atoms with Gasteiger partial charge < -0.3 is 4.74 Å². The topological polar surface area (TPSA) is 21.6 Å². The van der Waals surface area contributed by atoms with Gasteiger partial charge in [0.15, 0.2) is 0 Å². The van der Waals surface area contributed by atoms with Crippen LogP contribution in [0.3, 0.4) is 0 Å². The summed E-state index contributed by atoms with van der Waals surface area (Å²) in [6, 6.07) is 39.4. The molecule has 2 nitrogen and oxygen atoms in total. The minimum Gasteiger partial charge on any atom is -0.475 e. The standard InChI is InChI=1S/C44H44NOP/c1-28-20-29(2)23-36(22-28)47(37-24-30(3)21-31(4)25-37)41-15-9-13-34-17-19-39(43(34)41)38-18-16-33-12-8-14-40(42(33)38)44-45-35(27-46-44)26-32-10-6-5-7-11-32/h5-15,20-25,35,38-39H,16-19,26-27H2,1-4H3/t35-,38?,39-/m0/s1. The lowest BCUT2D eigenvalue weighted by Gasteiger charge is -2.29. The van der Waals surface area contributed by atoms with Gasteiger partial charge in [0, 0.05) is 5.56 Å². The summed E-state index contributed by atoms with van der Waals surface area (Å²) in [6.07, 6.45) is 5.60. The molecule has 0 saturated carbocycles. The largest absolute Gasteiger partial charge is 0.475 e. The third-order valence-corrected chi connectivity index (χ3v) is 12.9. The van der Waals surface area contributed by atoms with Crippen molar-refractivity contribution in [3.8, 4) is 0 Å². The van der Waals surface area contributed by atoms with Crippen molar-refractivity contribution in [2.45, 2.75) is 77.7 Å². The van der Waals surface area contributed by atoms with E-state index in [9.17, 15) is 0 Å². The van der Waals surface area contributed by atoms with Gasteiger partial charge in [-0.15, -0.1) is 0 Å². The number of nitrogens with zero attached hydrogens (tertiary/aromatic N) is 1. The molecule has 2 aliphatic carbocycles. The van der Waals surface area contributed by atoms with E-state index >= 15 is 0 Å². The number of rotatable bonds is 7. The molecule has 0 amide bonds. The molecule has 1 heterocycles. The molecular weight excluding hydrogens is 589 g/mol. The Hall–Kier alpha value is -4.00. The van der Waals surface area contributed by atoms with Crippen LogP contribution in [-0.4, -0.2) is 18.5 Å². The van der Waals surface area contributed by atoms with Crippen molar-refractivity contribution in [3.63, 3.8) is 0 Å². The summed E-state index contributed by atoms with van der Waals surface area (Å²) < 4.78 is 6.41. The number of benzene rings is 5. The minimum atomic E-state index is -0.717. The molecule has 8 rings (SSSR count). The summed E-state index contributed by atoms with van der Waals surface area (Å²) in [7, 11) is -0.717. The monoisotopic (exact) mass is 633 g/mol. The van der Waals surface area contributed by atoms with Gasteiger partial charge >= 0.3 is 0 Å². The van der Waals surface area contributed by atoms with Crippen molar-refractivity contribution in [3.05, 3.63) is 159 Å². The zero-order valence-electron chi connectivity index (χ0n) is 28.1. The van der Waals surface area contributed by atoms with Crippen LogP contribution in [0.1, 0.15) is 80.3 Å². The first kappa shape index (κ1) is 30.3.